The van der Waals surface area contributed by atoms with Gasteiger partial charge in [-0.2, -0.15) is 0 Å². The zero-order valence-electron chi connectivity index (χ0n) is 17.4. The van der Waals surface area contributed by atoms with Crippen LogP contribution in [0.5, 0.6) is 0 Å². The standard InChI is InChI=1S/C21H30F2N2O4S/c1-14(26)25-11-3-4-20(24-30(2,27)28)21(25)13-29-17-8-5-15(6-9-17)18-10-7-16(22)12-19(18)23/h7,10,12,15,17,20-21,24H,3-6,8-9,11,13H2,1-2H3/t15?,17?,20-,21-/m0/s1. The number of ether oxygens (including phenoxy) is 1. The van der Waals surface area contributed by atoms with E-state index >= 15 is 0 Å². The minimum atomic E-state index is -3.40. The number of carbonyl (C=O) groups is 1. The van der Waals surface area contributed by atoms with Crippen LogP contribution in [0.2, 0.25) is 0 Å². The summed E-state index contributed by atoms with van der Waals surface area (Å²) < 4.78 is 59.4. The number of nitrogens with one attached hydrogen (secondary N) is 1. The molecule has 9 heteroatoms. The first-order valence-electron chi connectivity index (χ1n) is 10.4. The lowest BCUT2D eigenvalue weighted by atomic mass is 9.82. The number of carbonyl (C=O) groups excluding carboxylic acids is 1. The van der Waals surface area contributed by atoms with Crippen molar-refractivity contribution < 1.29 is 26.7 Å². The first kappa shape index (κ1) is 23.1. The van der Waals surface area contributed by atoms with E-state index in [-0.39, 0.29) is 36.6 Å². The van der Waals surface area contributed by atoms with Crippen molar-refractivity contribution in [1.29, 1.82) is 0 Å². The van der Waals surface area contributed by atoms with Crippen molar-refractivity contribution in [3.63, 3.8) is 0 Å². The number of piperidine rings is 1. The number of hydrogen-bond acceptors (Lipinski definition) is 4. The third kappa shape index (κ3) is 5.98. The fourth-order valence-corrected chi connectivity index (χ4v) is 5.50. The molecule has 2 fully saturated rings. The monoisotopic (exact) mass is 444 g/mol. The van der Waals surface area contributed by atoms with Crippen LogP contribution < -0.4 is 4.72 Å². The van der Waals surface area contributed by atoms with E-state index in [0.717, 1.165) is 44.4 Å². The summed E-state index contributed by atoms with van der Waals surface area (Å²) in [6, 6.07) is 3.01. The van der Waals surface area contributed by atoms with E-state index in [1.807, 2.05) is 0 Å². The number of nitrogens with zero attached hydrogens (tertiary/aromatic N) is 1. The second-order valence-electron chi connectivity index (χ2n) is 8.39. The molecule has 0 radical (unpaired) electrons. The van der Waals surface area contributed by atoms with Crippen molar-refractivity contribution in [1.82, 2.24) is 9.62 Å². The third-order valence-electron chi connectivity index (χ3n) is 6.13. The zero-order valence-corrected chi connectivity index (χ0v) is 18.3. The summed E-state index contributed by atoms with van der Waals surface area (Å²) in [5, 5.41) is 0. The van der Waals surface area contributed by atoms with Gasteiger partial charge in [-0.25, -0.2) is 21.9 Å². The summed E-state index contributed by atoms with van der Waals surface area (Å²) in [5.74, 6) is -1.14. The van der Waals surface area contributed by atoms with Gasteiger partial charge in [0.1, 0.15) is 11.6 Å². The zero-order chi connectivity index (χ0) is 21.9. The van der Waals surface area contributed by atoms with Gasteiger partial charge in [0.2, 0.25) is 15.9 Å². The molecule has 1 N–H and O–H groups in total. The Kier molecular flexibility index (Phi) is 7.47. The van der Waals surface area contributed by atoms with Gasteiger partial charge in [-0.15, -0.1) is 0 Å². The van der Waals surface area contributed by atoms with Crippen LogP contribution in [0.3, 0.4) is 0 Å². The average Bonchev–Trinajstić information content (AvgIpc) is 2.66. The summed E-state index contributed by atoms with van der Waals surface area (Å²) in [5.41, 5.74) is 0.544. The van der Waals surface area contributed by atoms with E-state index in [1.165, 1.54) is 19.1 Å². The summed E-state index contributed by atoms with van der Waals surface area (Å²) in [7, 11) is -3.40. The van der Waals surface area contributed by atoms with E-state index in [0.29, 0.717) is 18.5 Å². The Morgan fingerprint density at radius 2 is 1.90 bits per heavy atom. The van der Waals surface area contributed by atoms with Crippen LogP contribution in [-0.2, 0) is 19.6 Å². The van der Waals surface area contributed by atoms with Crippen molar-refractivity contribution in [3.8, 4) is 0 Å². The molecular weight excluding hydrogens is 414 g/mol. The number of hydrogen-bond donors (Lipinski definition) is 1. The maximum Gasteiger partial charge on any atom is 0.219 e. The van der Waals surface area contributed by atoms with Crippen molar-refractivity contribution in [2.45, 2.75) is 69.6 Å². The Morgan fingerprint density at radius 3 is 2.50 bits per heavy atom. The molecule has 3 rings (SSSR count). The van der Waals surface area contributed by atoms with E-state index < -0.39 is 21.7 Å². The van der Waals surface area contributed by atoms with Crippen LogP contribution in [-0.4, -0.2) is 56.8 Å². The molecule has 1 heterocycles. The van der Waals surface area contributed by atoms with E-state index in [4.69, 9.17) is 4.74 Å². The average molecular weight is 445 g/mol. The Balaban J connectivity index is 1.58. The molecule has 0 unspecified atom stereocenters. The van der Waals surface area contributed by atoms with Crippen molar-refractivity contribution in [3.05, 3.63) is 35.4 Å². The Bertz CT molecular complexity index is 857. The Hall–Kier alpha value is -1.58. The highest BCUT2D eigenvalue weighted by Crippen LogP contribution is 2.35. The fourth-order valence-electron chi connectivity index (χ4n) is 4.67. The van der Waals surface area contributed by atoms with Crippen LogP contribution in [0.4, 0.5) is 8.78 Å². The van der Waals surface area contributed by atoms with Crippen LogP contribution >= 0.6 is 0 Å². The van der Waals surface area contributed by atoms with Crippen LogP contribution in [0.15, 0.2) is 18.2 Å². The second-order valence-corrected chi connectivity index (χ2v) is 10.2. The molecule has 1 aromatic carbocycles. The lowest BCUT2D eigenvalue weighted by Crippen LogP contribution is -2.58. The predicted octanol–water partition coefficient (Wildman–Crippen LogP) is 2.94. The predicted molar refractivity (Wildman–Crippen MR) is 109 cm³/mol. The molecule has 30 heavy (non-hydrogen) atoms. The molecule has 0 aromatic heterocycles. The topological polar surface area (TPSA) is 75.7 Å². The largest absolute Gasteiger partial charge is 0.376 e. The van der Waals surface area contributed by atoms with E-state index in [2.05, 4.69) is 4.72 Å². The van der Waals surface area contributed by atoms with Gasteiger partial charge in [0.25, 0.3) is 0 Å². The molecule has 168 valence electrons. The molecule has 1 amide bonds. The van der Waals surface area contributed by atoms with Crippen molar-refractivity contribution in [2.24, 2.45) is 0 Å². The maximum atomic E-state index is 14.1. The first-order valence-corrected chi connectivity index (χ1v) is 12.3. The molecule has 1 aliphatic carbocycles. The van der Waals surface area contributed by atoms with Crippen molar-refractivity contribution >= 4 is 15.9 Å². The number of likely N-dealkylation sites (tertiary alicyclic amines) is 1. The molecule has 2 atom stereocenters. The molecule has 2 aliphatic rings. The van der Waals surface area contributed by atoms with E-state index in [1.54, 1.807) is 4.90 Å². The third-order valence-corrected chi connectivity index (χ3v) is 6.86. The number of sulfonamides is 1. The summed E-state index contributed by atoms with van der Waals surface area (Å²) in [6.45, 7) is 2.33. The van der Waals surface area contributed by atoms with Gasteiger partial charge in [0.15, 0.2) is 0 Å². The quantitative estimate of drug-likeness (QED) is 0.732. The van der Waals surface area contributed by atoms with Gasteiger partial charge in [-0.3, -0.25) is 4.79 Å². The summed E-state index contributed by atoms with van der Waals surface area (Å²) in [4.78, 5) is 13.7. The smallest absolute Gasteiger partial charge is 0.219 e. The highest BCUT2D eigenvalue weighted by molar-refractivity contribution is 7.88. The summed E-state index contributed by atoms with van der Waals surface area (Å²) >= 11 is 0. The molecule has 1 aliphatic heterocycles. The van der Waals surface area contributed by atoms with Gasteiger partial charge in [0.05, 0.1) is 25.0 Å². The Labute approximate surface area is 177 Å². The number of rotatable bonds is 6. The lowest BCUT2D eigenvalue weighted by Gasteiger charge is -2.41. The first-order chi connectivity index (χ1) is 14.1. The van der Waals surface area contributed by atoms with Gasteiger partial charge in [-0.05, 0) is 56.1 Å². The number of benzene rings is 1. The molecular formula is C21H30F2N2O4S. The lowest BCUT2D eigenvalue weighted by molar-refractivity contribution is -0.136. The number of amides is 1. The molecule has 1 aromatic rings. The number of halogens is 2. The van der Waals surface area contributed by atoms with Crippen LogP contribution in [0.25, 0.3) is 0 Å². The van der Waals surface area contributed by atoms with Gasteiger partial charge in [0, 0.05) is 25.6 Å². The Morgan fingerprint density at radius 1 is 1.20 bits per heavy atom. The second kappa shape index (κ2) is 9.70. The molecule has 1 saturated carbocycles. The molecule has 6 nitrogen and oxygen atoms in total. The SMILES string of the molecule is CC(=O)N1CCC[C@H](NS(C)(=O)=O)[C@@H]1COC1CCC(c2ccc(F)cc2F)CC1. The molecule has 0 spiro atoms. The fraction of sp³-hybridized carbons (Fsp3) is 0.667. The highest BCUT2D eigenvalue weighted by atomic mass is 32.2. The van der Waals surface area contributed by atoms with Crippen molar-refractivity contribution in [2.75, 3.05) is 19.4 Å². The van der Waals surface area contributed by atoms with E-state index in [9.17, 15) is 22.0 Å². The molecule has 0 bridgehead atoms. The van der Waals surface area contributed by atoms with Gasteiger partial charge < -0.3 is 9.64 Å². The van der Waals surface area contributed by atoms with Gasteiger partial charge >= 0.3 is 0 Å². The van der Waals surface area contributed by atoms with Gasteiger partial charge in [-0.1, -0.05) is 6.07 Å². The van der Waals surface area contributed by atoms with Crippen LogP contribution in [0, 0.1) is 11.6 Å². The minimum Gasteiger partial charge on any atom is -0.376 e. The summed E-state index contributed by atoms with van der Waals surface area (Å²) in [6.07, 6.45) is 5.42. The molecule has 1 saturated heterocycles. The maximum absolute atomic E-state index is 14.1. The minimum absolute atomic E-state index is 0.0284. The highest BCUT2D eigenvalue weighted by Gasteiger charge is 2.35. The normalized spacial score (nSPS) is 27.8. The van der Waals surface area contributed by atoms with Crippen LogP contribution in [0.1, 0.15) is 56.9 Å².